The Morgan fingerprint density at radius 1 is 1.31 bits per heavy atom. The molecule has 2 N–H and O–H groups in total. The van der Waals surface area contributed by atoms with Crippen LogP contribution in [0.5, 0.6) is 0 Å². The van der Waals surface area contributed by atoms with Crippen molar-refractivity contribution in [2.45, 2.75) is 31.9 Å². The van der Waals surface area contributed by atoms with Gasteiger partial charge in [0, 0.05) is 18.0 Å². The number of rotatable bonds is 6. The van der Waals surface area contributed by atoms with E-state index in [1.807, 2.05) is 18.2 Å². The Labute approximate surface area is 103 Å². The molecule has 1 aromatic carbocycles. The zero-order valence-corrected chi connectivity index (χ0v) is 10.7. The number of halogens is 1. The van der Waals surface area contributed by atoms with Crippen LogP contribution in [0, 0.1) is 0 Å². The van der Waals surface area contributed by atoms with Gasteiger partial charge in [-0.25, -0.2) is 0 Å². The van der Waals surface area contributed by atoms with Gasteiger partial charge in [-0.1, -0.05) is 30.3 Å². The van der Waals surface area contributed by atoms with Crippen molar-refractivity contribution >= 4 is 11.6 Å². The third kappa shape index (κ3) is 4.97. The van der Waals surface area contributed by atoms with E-state index < -0.39 is 6.10 Å². The van der Waals surface area contributed by atoms with Crippen LogP contribution in [-0.2, 0) is 6.42 Å². The highest BCUT2D eigenvalue weighted by Gasteiger charge is 2.18. The Bertz CT molecular complexity index is 300. The number of β-amino-alcohol motifs (C(OH)–C–C–N with tert-alkyl or cyclic N) is 1. The SMILES string of the molecule is CC(C)(Cc1ccccc1)NCC(O)CCl. The van der Waals surface area contributed by atoms with Gasteiger partial charge in [0.25, 0.3) is 0 Å². The lowest BCUT2D eigenvalue weighted by atomic mass is 9.95. The van der Waals surface area contributed by atoms with Gasteiger partial charge >= 0.3 is 0 Å². The lowest BCUT2D eigenvalue weighted by Gasteiger charge is -2.27. The smallest absolute Gasteiger partial charge is 0.0799 e. The van der Waals surface area contributed by atoms with Crippen molar-refractivity contribution in [3.05, 3.63) is 35.9 Å². The van der Waals surface area contributed by atoms with E-state index in [-0.39, 0.29) is 11.4 Å². The van der Waals surface area contributed by atoms with Crippen LogP contribution in [-0.4, -0.2) is 29.2 Å². The summed E-state index contributed by atoms with van der Waals surface area (Å²) in [5.41, 5.74) is 1.26. The first kappa shape index (κ1) is 13.5. The van der Waals surface area contributed by atoms with E-state index >= 15 is 0 Å². The molecule has 1 atom stereocenters. The average Bonchev–Trinajstić information content (AvgIpc) is 2.27. The van der Waals surface area contributed by atoms with Gasteiger partial charge in [0.15, 0.2) is 0 Å². The quantitative estimate of drug-likeness (QED) is 0.749. The van der Waals surface area contributed by atoms with Gasteiger partial charge in [-0.3, -0.25) is 0 Å². The van der Waals surface area contributed by atoms with Crippen molar-refractivity contribution in [1.82, 2.24) is 5.32 Å². The van der Waals surface area contributed by atoms with Gasteiger partial charge in [0.2, 0.25) is 0 Å². The van der Waals surface area contributed by atoms with E-state index in [0.717, 1.165) is 6.42 Å². The number of benzene rings is 1. The Kier molecular flexibility index (Phi) is 5.26. The first-order valence-corrected chi connectivity index (χ1v) is 6.10. The Hall–Kier alpha value is -0.570. The number of nitrogens with one attached hydrogen (secondary N) is 1. The highest BCUT2D eigenvalue weighted by molar-refractivity contribution is 6.18. The second-order valence-electron chi connectivity index (χ2n) is 4.74. The fraction of sp³-hybridized carbons (Fsp3) is 0.538. The molecule has 0 bridgehead atoms. The summed E-state index contributed by atoms with van der Waals surface area (Å²) in [5.74, 6) is 0.272. The number of aliphatic hydroxyl groups excluding tert-OH is 1. The maximum atomic E-state index is 9.39. The first-order chi connectivity index (χ1) is 7.53. The highest BCUT2D eigenvalue weighted by atomic mass is 35.5. The zero-order valence-electron chi connectivity index (χ0n) is 9.91. The van der Waals surface area contributed by atoms with Crippen molar-refractivity contribution in [2.75, 3.05) is 12.4 Å². The Morgan fingerprint density at radius 3 is 2.50 bits per heavy atom. The van der Waals surface area contributed by atoms with Gasteiger partial charge < -0.3 is 10.4 Å². The molecule has 16 heavy (non-hydrogen) atoms. The molecule has 0 fully saturated rings. The van der Waals surface area contributed by atoms with E-state index in [1.165, 1.54) is 5.56 Å². The molecule has 0 spiro atoms. The summed E-state index contributed by atoms with van der Waals surface area (Å²) in [6, 6.07) is 10.3. The second-order valence-corrected chi connectivity index (χ2v) is 5.04. The molecule has 0 saturated carbocycles. The Morgan fingerprint density at radius 2 is 1.94 bits per heavy atom. The van der Waals surface area contributed by atoms with Crippen LogP contribution in [0.2, 0.25) is 0 Å². The van der Waals surface area contributed by atoms with E-state index in [4.69, 9.17) is 11.6 Å². The molecule has 2 nitrogen and oxygen atoms in total. The van der Waals surface area contributed by atoms with Gasteiger partial charge in [-0.05, 0) is 25.8 Å². The number of hydrogen-bond acceptors (Lipinski definition) is 2. The topological polar surface area (TPSA) is 32.3 Å². The average molecular weight is 242 g/mol. The van der Waals surface area contributed by atoms with Gasteiger partial charge in [-0.15, -0.1) is 11.6 Å². The standard InChI is InChI=1S/C13H20ClNO/c1-13(2,15-10-12(16)9-14)8-11-6-4-3-5-7-11/h3-7,12,15-16H,8-10H2,1-2H3. The van der Waals surface area contributed by atoms with Crippen molar-refractivity contribution in [3.8, 4) is 0 Å². The van der Waals surface area contributed by atoms with E-state index in [0.29, 0.717) is 6.54 Å². The predicted octanol–water partition coefficient (Wildman–Crippen LogP) is 2.20. The molecule has 0 saturated heterocycles. The molecule has 0 radical (unpaired) electrons. The molecule has 1 rings (SSSR count). The maximum absolute atomic E-state index is 9.39. The Balaban J connectivity index is 2.45. The van der Waals surface area contributed by atoms with Gasteiger partial charge in [-0.2, -0.15) is 0 Å². The summed E-state index contributed by atoms with van der Waals surface area (Å²) in [6.45, 7) is 4.78. The largest absolute Gasteiger partial charge is 0.391 e. The molecule has 0 amide bonds. The second kappa shape index (κ2) is 6.24. The molecule has 90 valence electrons. The lowest BCUT2D eigenvalue weighted by molar-refractivity contribution is 0.179. The van der Waals surface area contributed by atoms with Gasteiger partial charge in [0.05, 0.1) is 6.10 Å². The maximum Gasteiger partial charge on any atom is 0.0799 e. The minimum Gasteiger partial charge on any atom is -0.391 e. The van der Waals surface area contributed by atoms with Crippen LogP contribution in [0.4, 0.5) is 0 Å². The molecule has 0 aliphatic heterocycles. The summed E-state index contributed by atoms with van der Waals surface area (Å²) in [7, 11) is 0. The third-order valence-corrected chi connectivity index (χ3v) is 2.84. The molecule has 1 unspecified atom stereocenters. The van der Waals surface area contributed by atoms with Crippen LogP contribution in [0.3, 0.4) is 0 Å². The summed E-state index contributed by atoms with van der Waals surface area (Å²) < 4.78 is 0. The summed E-state index contributed by atoms with van der Waals surface area (Å²) in [5, 5.41) is 12.7. The summed E-state index contributed by atoms with van der Waals surface area (Å²) in [4.78, 5) is 0. The van der Waals surface area contributed by atoms with Crippen LogP contribution < -0.4 is 5.32 Å². The molecule has 3 heteroatoms. The first-order valence-electron chi connectivity index (χ1n) is 5.56. The molecular weight excluding hydrogens is 222 g/mol. The highest BCUT2D eigenvalue weighted by Crippen LogP contribution is 2.12. The van der Waals surface area contributed by atoms with Crippen LogP contribution in [0.1, 0.15) is 19.4 Å². The number of aliphatic hydroxyl groups is 1. The van der Waals surface area contributed by atoms with Crippen molar-refractivity contribution in [1.29, 1.82) is 0 Å². The van der Waals surface area contributed by atoms with Crippen molar-refractivity contribution in [2.24, 2.45) is 0 Å². The van der Waals surface area contributed by atoms with E-state index in [1.54, 1.807) is 0 Å². The van der Waals surface area contributed by atoms with Crippen LogP contribution >= 0.6 is 11.6 Å². The van der Waals surface area contributed by atoms with Crippen LogP contribution in [0.15, 0.2) is 30.3 Å². The minimum absolute atomic E-state index is 0.0333. The number of alkyl halides is 1. The zero-order chi connectivity index (χ0) is 12.0. The predicted molar refractivity (Wildman–Crippen MR) is 69.0 cm³/mol. The third-order valence-electron chi connectivity index (χ3n) is 2.48. The van der Waals surface area contributed by atoms with Crippen LogP contribution in [0.25, 0.3) is 0 Å². The molecule has 1 aromatic rings. The summed E-state index contributed by atoms with van der Waals surface area (Å²) >= 11 is 5.55. The van der Waals surface area contributed by atoms with E-state index in [9.17, 15) is 5.11 Å². The molecule has 0 aromatic heterocycles. The molecule has 0 aliphatic rings. The fourth-order valence-electron chi connectivity index (χ4n) is 1.62. The summed E-state index contributed by atoms with van der Waals surface area (Å²) in [6.07, 6.45) is 0.458. The molecule has 0 aliphatic carbocycles. The van der Waals surface area contributed by atoms with Crippen molar-refractivity contribution in [3.63, 3.8) is 0 Å². The van der Waals surface area contributed by atoms with E-state index in [2.05, 4.69) is 31.3 Å². The number of hydrogen-bond donors (Lipinski definition) is 2. The fourth-order valence-corrected chi connectivity index (χ4v) is 1.73. The van der Waals surface area contributed by atoms with Gasteiger partial charge in [0.1, 0.15) is 0 Å². The van der Waals surface area contributed by atoms with Crippen molar-refractivity contribution < 1.29 is 5.11 Å². The molecular formula is C13H20ClNO. The minimum atomic E-state index is -0.475. The lowest BCUT2D eigenvalue weighted by Crippen LogP contribution is -2.45. The normalized spacial score (nSPS) is 13.8. The monoisotopic (exact) mass is 241 g/mol. The molecule has 0 heterocycles.